The summed E-state index contributed by atoms with van der Waals surface area (Å²) in [6, 6.07) is 9.98. The molecule has 3 aromatic rings. The molecule has 0 radical (unpaired) electrons. The fourth-order valence-corrected chi connectivity index (χ4v) is 2.69. The highest BCUT2D eigenvalue weighted by molar-refractivity contribution is 6.04. The van der Waals surface area contributed by atoms with Gasteiger partial charge in [0.15, 0.2) is 5.78 Å². The fraction of sp³-hybridized carbons (Fsp3) is 0.250. The number of hydrogen-bond acceptors (Lipinski definition) is 2. The molecule has 3 heterocycles. The minimum Gasteiger partial charge on any atom is -0.309 e. The van der Waals surface area contributed by atoms with Crippen LogP contribution in [0, 0.1) is 0 Å². The van der Waals surface area contributed by atoms with Gasteiger partial charge in [0.1, 0.15) is 5.78 Å². The van der Waals surface area contributed by atoms with Gasteiger partial charge in [-0.15, -0.1) is 0 Å². The van der Waals surface area contributed by atoms with E-state index >= 15 is 0 Å². The molecular weight excluding hydrogens is 238 g/mol. The molecule has 0 aliphatic heterocycles. The molecule has 0 N–H and O–H groups in total. The number of ketones is 2. The Hall–Kier alpha value is -2.16. The molecule has 0 atom stereocenters. The second-order valence-corrected chi connectivity index (χ2v) is 5.04. The van der Waals surface area contributed by atoms with E-state index in [-0.39, 0.29) is 11.6 Å². The highest BCUT2D eigenvalue weighted by Gasteiger charge is 2.15. The third kappa shape index (κ3) is 1.82. The van der Waals surface area contributed by atoms with E-state index in [9.17, 15) is 9.59 Å². The van der Waals surface area contributed by atoms with Gasteiger partial charge in [0.25, 0.3) is 0 Å². The van der Waals surface area contributed by atoms with Crippen LogP contribution >= 0.6 is 0 Å². The third-order valence-electron chi connectivity index (χ3n) is 3.59. The van der Waals surface area contributed by atoms with Crippen LogP contribution in [-0.4, -0.2) is 16.0 Å². The lowest BCUT2D eigenvalue weighted by atomic mass is 10.1. The molecule has 0 spiro atoms. The molecule has 0 fully saturated rings. The predicted molar refractivity (Wildman–Crippen MR) is 75.1 cm³/mol. The number of aryl methyl sites for hydroxylation is 1. The molecule has 0 bridgehead atoms. The maximum absolute atomic E-state index is 11.6. The Bertz CT molecular complexity index is 782. The van der Waals surface area contributed by atoms with Crippen molar-refractivity contribution >= 4 is 28.1 Å². The van der Waals surface area contributed by atoms with Crippen LogP contribution < -0.4 is 0 Å². The standard InChI is InChI=1S/C16H15NO2/c1-10(18)6-7-12-8-13-9-14(11(2)19)16-5-3-4-15(12)17(13)16/h3-5,8-9H,6-7H2,1-2H3. The van der Waals surface area contributed by atoms with Crippen LogP contribution in [0.1, 0.15) is 36.2 Å². The summed E-state index contributed by atoms with van der Waals surface area (Å²) in [6.45, 7) is 3.21. The average molecular weight is 253 g/mol. The molecule has 0 saturated carbocycles. The lowest BCUT2D eigenvalue weighted by molar-refractivity contribution is -0.116. The molecule has 0 aliphatic carbocycles. The zero-order chi connectivity index (χ0) is 13.6. The van der Waals surface area contributed by atoms with Crippen LogP contribution in [0.15, 0.2) is 30.3 Å². The maximum atomic E-state index is 11.6. The summed E-state index contributed by atoms with van der Waals surface area (Å²) in [6.07, 6.45) is 1.32. The first kappa shape index (κ1) is 11.9. The molecule has 0 aliphatic rings. The van der Waals surface area contributed by atoms with E-state index in [1.165, 1.54) is 5.56 Å². The van der Waals surface area contributed by atoms with Crippen LogP contribution in [0.4, 0.5) is 0 Å². The predicted octanol–water partition coefficient (Wildman–Crippen LogP) is 3.25. The molecule has 0 aromatic carbocycles. The van der Waals surface area contributed by atoms with E-state index in [4.69, 9.17) is 0 Å². The Labute approximate surface area is 111 Å². The molecule has 96 valence electrons. The molecule has 3 aromatic heterocycles. The van der Waals surface area contributed by atoms with E-state index < -0.39 is 0 Å². The Morgan fingerprint density at radius 2 is 1.84 bits per heavy atom. The maximum Gasteiger partial charge on any atom is 0.161 e. The van der Waals surface area contributed by atoms with E-state index in [0.29, 0.717) is 6.42 Å². The molecule has 3 nitrogen and oxygen atoms in total. The molecule has 3 rings (SSSR count). The smallest absolute Gasteiger partial charge is 0.161 e. The van der Waals surface area contributed by atoms with Crippen LogP contribution in [0.25, 0.3) is 16.6 Å². The summed E-state index contributed by atoms with van der Waals surface area (Å²) in [5.74, 6) is 0.288. The first-order valence-electron chi connectivity index (χ1n) is 6.43. The van der Waals surface area contributed by atoms with Gasteiger partial charge in [-0.25, -0.2) is 0 Å². The molecule has 0 amide bonds. The van der Waals surface area contributed by atoms with Crippen molar-refractivity contribution in [3.63, 3.8) is 0 Å². The average Bonchev–Trinajstić information content (AvgIpc) is 2.90. The van der Waals surface area contributed by atoms with Crippen molar-refractivity contribution < 1.29 is 9.59 Å². The van der Waals surface area contributed by atoms with Gasteiger partial charge in [0, 0.05) is 23.0 Å². The summed E-state index contributed by atoms with van der Waals surface area (Å²) in [5.41, 5.74) is 5.02. The number of pyridine rings is 1. The van der Waals surface area contributed by atoms with E-state index in [2.05, 4.69) is 10.5 Å². The molecule has 0 saturated heterocycles. The zero-order valence-electron chi connectivity index (χ0n) is 11.1. The lowest BCUT2D eigenvalue weighted by Crippen LogP contribution is -1.95. The number of aromatic nitrogens is 1. The van der Waals surface area contributed by atoms with Gasteiger partial charge in [0.05, 0.1) is 5.52 Å². The summed E-state index contributed by atoms with van der Waals surface area (Å²) in [4.78, 5) is 22.7. The van der Waals surface area contributed by atoms with Gasteiger partial charge in [-0.3, -0.25) is 4.79 Å². The van der Waals surface area contributed by atoms with Crippen molar-refractivity contribution in [1.29, 1.82) is 0 Å². The summed E-state index contributed by atoms with van der Waals surface area (Å²) < 4.78 is 2.10. The van der Waals surface area contributed by atoms with Crippen molar-refractivity contribution in [2.75, 3.05) is 0 Å². The van der Waals surface area contributed by atoms with Crippen molar-refractivity contribution in [1.82, 2.24) is 4.40 Å². The van der Waals surface area contributed by atoms with Crippen molar-refractivity contribution in [2.24, 2.45) is 0 Å². The molecule has 19 heavy (non-hydrogen) atoms. The van der Waals surface area contributed by atoms with Crippen LogP contribution in [0.3, 0.4) is 0 Å². The second-order valence-electron chi connectivity index (χ2n) is 5.04. The molecular formula is C16H15NO2. The Kier molecular flexibility index (Phi) is 2.63. The summed E-state index contributed by atoms with van der Waals surface area (Å²) in [7, 11) is 0. The van der Waals surface area contributed by atoms with Crippen LogP contribution in [0.2, 0.25) is 0 Å². The van der Waals surface area contributed by atoms with Crippen molar-refractivity contribution in [2.45, 2.75) is 26.7 Å². The van der Waals surface area contributed by atoms with Gasteiger partial charge in [-0.05, 0) is 50.1 Å². The van der Waals surface area contributed by atoms with Gasteiger partial charge >= 0.3 is 0 Å². The Morgan fingerprint density at radius 3 is 2.53 bits per heavy atom. The van der Waals surface area contributed by atoms with Crippen molar-refractivity contribution in [3.8, 4) is 0 Å². The first-order chi connectivity index (χ1) is 9.08. The second kappa shape index (κ2) is 4.19. The van der Waals surface area contributed by atoms with Crippen LogP contribution in [-0.2, 0) is 11.2 Å². The van der Waals surface area contributed by atoms with Crippen LogP contribution in [0.5, 0.6) is 0 Å². The van der Waals surface area contributed by atoms with E-state index in [0.717, 1.165) is 28.5 Å². The third-order valence-corrected chi connectivity index (χ3v) is 3.59. The summed E-state index contributed by atoms with van der Waals surface area (Å²) >= 11 is 0. The lowest BCUT2D eigenvalue weighted by Gasteiger charge is -2.01. The number of carbonyl (C=O) groups excluding carboxylic acids is 2. The van der Waals surface area contributed by atoms with E-state index in [1.807, 2.05) is 24.3 Å². The van der Waals surface area contributed by atoms with E-state index in [1.54, 1.807) is 13.8 Å². The number of hydrogen-bond donors (Lipinski definition) is 0. The number of rotatable bonds is 4. The highest BCUT2D eigenvalue weighted by Crippen LogP contribution is 2.28. The normalized spacial score (nSPS) is 11.5. The monoisotopic (exact) mass is 253 g/mol. The number of carbonyl (C=O) groups is 2. The largest absolute Gasteiger partial charge is 0.309 e. The van der Waals surface area contributed by atoms with Gasteiger partial charge in [-0.1, -0.05) is 6.07 Å². The minimum absolute atomic E-state index is 0.0847. The number of Topliss-reactive ketones (excluding diaryl/α,β-unsaturated/α-hetero) is 2. The first-order valence-corrected chi connectivity index (χ1v) is 6.43. The quantitative estimate of drug-likeness (QED) is 0.669. The Morgan fingerprint density at radius 1 is 1.11 bits per heavy atom. The SMILES string of the molecule is CC(=O)CCc1cc2cc(C(C)=O)c3cccc1n23. The zero-order valence-corrected chi connectivity index (χ0v) is 11.1. The molecule has 3 heteroatoms. The topological polar surface area (TPSA) is 38.5 Å². The highest BCUT2D eigenvalue weighted by atomic mass is 16.1. The van der Waals surface area contributed by atoms with Gasteiger partial charge < -0.3 is 9.20 Å². The van der Waals surface area contributed by atoms with Gasteiger partial charge in [0.2, 0.25) is 0 Å². The molecule has 0 unspecified atom stereocenters. The minimum atomic E-state index is 0.0847. The van der Waals surface area contributed by atoms with Gasteiger partial charge in [-0.2, -0.15) is 0 Å². The van der Waals surface area contributed by atoms with Crippen molar-refractivity contribution in [3.05, 3.63) is 41.5 Å². The number of nitrogens with zero attached hydrogens (tertiary/aromatic N) is 1. The Balaban J connectivity index is 2.19. The summed E-state index contributed by atoms with van der Waals surface area (Å²) in [5, 5.41) is 0. The fourth-order valence-electron chi connectivity index (χ4n) is 2.69.